The SMILES string of the molecule is O=C(NC1CCN(C(=O)Nc2ccccc2)CC1)C1CC(c2ccc(F)cc2)NN1. The van der Waals surface area contributed by atoms with Gasteiger partial charge >= 0.3 is 6.03 Å². The van der Waals surface area contributed by atoms with Gasteiger partial charge in [-0.25, -0.2) is 20.0 Å². The van der Waals surface area contributed by atoms with E-state index in [4.69, 9.17) is 0 Å². The van der Waals surface area contributed by atoms with Crippen molar-refractivity contribution in [3.05, 3.63) is 66.0 Å². The van der Waals surface area contributed by atoms with Crippen LogP contribution in [-0.4, -0.2) is 42.0 Å². The third-order valence-electron chi connectivity index (χ3n) is 5.65. The van der Waals surface area contributed by atoms with Crippen LogP contribution < -0.4 is 21.5 Å². The number of nitrogens with zero attached hydrogens (tertiary/aromatic N) is 1. The van der Waals surface area contributed by atoms with Crippen molar-refractivity contribution in [1.82, 2.24) is 21.1 Å². The largest absolute Gasteiger partial charge is 0.352 e. The van der Waals surface area contributed by atoms with E-state index in [0.29, 0.717) is 19.5 Å². The first-order chi connectivity index (χ1) is 14.6. The second kappa shape index (κ2) is 9.23. The van der Waals surface area contributed by atoms with E-state index in [-0.39, 0.29) is 35.9 Å². The molecule has 2 aromatic carbocycles. The van der Waals surface area contributed by atoms with Crippen molar-refractivity contribution in [2.24, 2.45) is 0 Å². The monoisotopic (exact) mass is 411 g/mol. The van der Waals surface area contributed by atoms with Crippen LogP contribution in [0.2, 0.25) is 0 Å². The predicted octanol–water partition coefficient (Wildman–Crippen LogP) is 2.55. The number of likely N-dealkylation sites (tertiary alicyclic amines) is 1. The molecule has 2 aliphatic heterocycles. The topological polar surface area (TPSA) is 85.5 Å². The number of hydrogen-bond acceptors (Lipinski definition) is 4. The van der Waals surface area contributed by atoms with Crippen molar-refractivity contribution in [3.63, 3.8) is 0 Å². The molecular formula is C22H26FN5O2. The molecular weight excluding hydrogens is 385 g/mol. The van der Waals surface area contributed by atoms with Crippen LogP contribution in [0.25, 0.3) is 0 Å². The van der Waals surface area contributed by atoms with Gasteiger partial charge in [0.2, 0.25) is 5.91 Å². The molecule has 30 heavy (non-hydrogen) atoms. The minimum atomic E-state index is -0.348. The molecule has 2 unspecified atom stereocenters. The van der Waals surface area contributed by atoms with Crippen LogP contribution in [0.15, 0.2) is 54.6 Å². The molecule has 0 bridgehead atoms. The van der Waals surface area contributed by atoms with Crippen molar-refractivity contribution in [1.29, 1.82) is 0 Å². The molecule has 158 valence electrons. The third-order valence-corrected chi connectivity index (χ3v) is 5.65. The molecule has 2 saturated heterocycles. The number of benzene rings is 2. The van der Waals surface area contributed by atoms with E-state index in [2.05, 4.69) is 21.5 Å². The summed E-state index contributed by atoms with van der Waals surface area (Å²) >= 11 is 0. The molecule has 2 aromatic rings. The van der Waals surface area contributed by atoms with Crippen LogP contribution in [0.4, 0.5) is 14.9 Å². The Bertz CT molecular complexity index is 869. The van der Waals surface area contributed by atoms with Crippen LogP contribution >= 0.6 is 0 Å². The van der Waals surface area contributed by atoms with Gasteiger partial charge in [-0.15, -0.1) is 0 Å². The number of urea groups is 1. The van der Waals surface area contributed by atoms with Crippen molar-refractivity contribution in [2.75, 3.05) is 18.4 Å². The lowest BCUT2D eigenvalue weighted by atomic mass is 10.0. The van der Waals surface area contributed by atoms with E-state index in [1.807, 2.05) is 30.3 Å². The molecule has 4 N–H and O–H groups in total. The zero-order chi connectivity index (χ0) is 20.9. The maximum atomic E-state index is 13.1. The second-order valence-electron chi connectivity index (χ2n) is 7.75. The van der Waals surface area contributed by atoms with Gasteiger partial charge in [0.25, 0.3) is 0 Å². The van der Waals surface area contributed by atoms with Crippen LogP contribution in [-0.2, 0) is 4.79 Å². The van der Waals surface area contributed by atoms with E-state index in [9.17, 15) is 14.0 Å². The Morgan fingerprint density at radius 2 is 1.67 bits per heavy atom. The first kappa shape index (κ1) is 20.3. The summed E-state index contributed by atoms with van der Waals surface area (Å²) in [5.74, 6) is -0.331. The summed E-state index contributed by atoms with van der Waals surface area (Å²) in [6.07, 6.45) is 2.03. The number of rotatable bonds is 4. The highest BCUT2D eigenvalue weighted by Crippen LogP contribution is 2.23. The molecule has 0 aromatic heterocycles. The van der Waals surface area contributed by atoms with Crippen LogP contribution in [0, 0.1) is 5.82 Å². The van der Waals surface area contributed by atoms with E-state index < -0.39 is 0 Å². The average molecular weight is 411 g/mol. The predicted molar refractivity (Wildman–Crippen MR) is 112 cm³/mol. The molecule has 3 amide bonds. The van der Waals surface area contributed by atoms with Gasteiger partial charge in [0.05, 0.1) is 0 Å². The molecule has 2 heterocycles. The first-order valence-corrected chi connectivity index (χ1v) is 10.3. The fourth-order valence-corrected chi connectivity index (χ4v) is 3.89. The molecule has 8 heteroatoms. The van der Waals surface area contributed by atoms with Crippen LogP contribution in [0.3, 0.4) is 0 Å². The van der Waals surface area contributed by atoms with E-state index in [1.165, 1.54) is 12.1 Å². The molecule has 2 fully saturated rings. The number of halogens is 1. The van der Waals surface area contributed by atoms with Gasteiger partial charge in [0.1, 0.15) is 11.9 Å². The smallest absolute Gasteiger partial charge is 0.321 e. The highest BCUT2D eigenvalue weighted by atomic mass is 19.1. The summed E-state index contributed by atoms with van der Waals surface area (Å²) in [6, 6.07) is 15.2. The van der Waals surface area contributed by atoms with Gasteiger partial charge in [0.15, 0.2) is 0 Å². The average Bonchev–Trinajstić information content (AvgIpc) is 3.26. The summed E-state index contributed by atoms with van der Waals surface area (Å²) < 4.78 is 13.1. The highest BCUT2D eigenvalue weighted by Gasteiger charge is 2.32. The van der Waals surface area contributed by atoms with Crippen molar-refractivity contribution in [3.8, 4) is 0 Å². The number of hydrogen-bond donors (Lipinski definition) is 4. The van der Waals surface area contributed by atoms with Gasteiger partial charge in [-0.1, -0.05) is 30.3 Å². The molecule has 0 saturated carbocycles. The number of para-hydroxylation sites is 1. The van der Waals surface area contributed by atoms with Gasteiger partial charge in [0, 0.05) is 30.9 Å². The quantitative estimate of drug-likeness (QED) is 0.623. The van der Waals surface area contributed by atoms with Crippen molar-refractivity contribution >= 4 is 17.6 Å². The summed E-state index contributed by atoms with van der Waals surface area (Å²) in [4.78, 5) is 26.8. The van der Waals surface area contributed by atoms with Gasteiger partial charge in [-0.2, -0.15) is 0 Å². The first-order valence-electron chi connectivity index (χ1n) is 10.3. The Hall–Kier alpha value is -2.97. The Morgan fingerprint density at radius 1 is 0.967 bits per heavy atom. The molecule has 2 aliphatic rings. The highest BCUT2D eigenvalue weighted by molar-refractivity contribution is 5.89. The lowest BCUT2D eigenvalue weighted by Gasteiger charge is -2.32. The molecule has 0 radical (unpaired) electrons. The fourth-order valence-electron chi connectivity index (χ4n) is 3.89. The number of piperidine rings is 1. The normalized spacial score (nSPS) is 22.0. The summed E-state index contributed by atoms with van der Waals surface area (Å²) in [6.45, 7) is 1.19. The van der Waals surface area contributed by atoms with E-state index in [1.54, 1.807) is 17.0 Å². The number of amides is 3. The second-order valence-corrected chi connectivity index (χ2v) is 7.75. The van der Waals surface area contributed by atoms with Gasteiger partial charge < -0.3 is 15.5 Å². The van der Waals surface area contributed by atoms with E-state index >= 15 is 0 Å². The zero-order valence-electron chi connectivity index (χ0n) is 16.6. The summed E-state index contributed by atoms with van der Waals surface area (Å²) in [5.41, 5.74) is 7.86. The Balaban J connectivity index is 1.22. The Kier molecular flexibility index (Phi) is 6.25. The van der Waals surface area contributed by atoms with Crippen molar-refractivity contribution in [2.45, 2.75) is 37.4 Å². The standard InChI is InChI=1S/C22H26FN5O2/c23-16-8-6-15(7-9-16)19-14-20(27-26-19)21(29)24-18-10-12-28(13-11-18)22(30)25-17-4-2-1-3-5-17/h1-9,18-20,26-27H,10-14H2,(H,24,29)(H,25,30). The van der Waals surface area contributed by atoms with E-state index in [0.717, 1.165) is 24.1 Å². The third kappa shape index (κ3) is 4.95. The lowest BCUT2D eigenvalue weighted by molar-refractivity contribution is -0.123. The number of hydrazine groups is 1. The van der Waals surface area contributed by atoms with Crippen molar-refractivity contribution < 1.29 is 14.0 Å². The maximum absolute atomic E-state index is 13.1. The number of nitrogens with one attached hydrogen (secondary N) is 4. The molecule has 2 atom stereocenters. The maximum Gasteiger partial charge on any atom is 0.321 e. The van der Waals surface area contributed by atoms with Crippen LogP contribution in [0.5, 0.6) is 0 Å². The molecule has 7 nitrogen and oxygen atoms in total. The zero-order valence-corrected chi connectivity index (χ0v) is 16.6. The van der Waals surface area contributed by atoms with Crippen LogP contribution in [0.1, 0.15) is 30.9 Å². The summed E-state index contributed by atoms with van der Waals surface area (Å²) in [5, 5.41) is 5.99. The van der Waals surface area contributed by atoms with Gasteiger partial charge in [-0.05, 0) is 49.1 Å². The molecule has 0 spiro atoms. The fraction of sp³-hybridized carbons (Fsp3) is 0.364. The number of anilines is 1. The molecule has 4 rings (SSSR count). The molecule has 0 aliphatic carbocycles. The summed E-state index contributed by atoms with van der Waals surface area (Å²) in [7, 11) is 0. The Morgan fingerprint density at radius 3 is 2.37 bits per heavy atom. The minimum absolute atomic E-state index is 0.0371. The minimum Gasteiger partial charge on any atom is -0.352 e. The number of carbonyl (C=O) groups excluding carboxylic acids is 2. The van der Waals surface area contributed by atoms with Gasteiger partial charge in [-0.3, -0.25) is 4.79 Å². The Labute approximate surface area is 175 Å². The number of carbonyl (C=O) groups is 2. The lowest BCUT2D eigenvalue weighted by Crippen LogP contribution is -2.51.